The first kappa shape index (κ1) is 16.9. The zero-order valence-electron chi connectivity index (χ0n) is 14.9. The summed E-state index contributed by atoms with van der Waals surface area (Å²) < 4.78 is 0. The summed E-state index contributed by atoms with van der Waals surface area (Å²) in [5.74, 6) is 0.903. The zero-order chi connectivity index (χ0) is 17.9. The number of benzene rings is 1. The van der Waals surface area contributed by atoms with Crippen molar-refractivity contribution in [3.05, 3.63) is 53.9 Å². The van der Waals surface area contributed by atoms with E-state index in [-0.39, 0.29) is 18.0 Å². The highest BCUT2D eigenvalue weighted by Gasteiger charge is 2.34. The van der Waals surface area contributed by atoms with E-state index in [0.717, 1.165) is 25.5 Å². The molecule has 1 aromatic heterocycles. The normalized spacial score (nSPS) is 23.3. The van der Waals surface area contributed by atoms with Crippen molar-refractivity contribution in [1.82, 2.24) is 25.7 Å². The first-order valence-electron chi connectivity index (χ1n) is 9.09. The highest BCUT2D eigenvalue weighted by atomic mass is 16.2. The molecule has 136 valence electrons. The number of aryl methyl sites for hydroxylation is 1. The summed E-state index contributed by atoms with van der Waals surface area (Å²) >= 11 is 0. The van der Waals surface area contributed by atoms with Crippen LogP contribution >= 0.6 is 0 Å². The van der Waals surface area contributed by atoms with Gasteiger partial charge >= 0.3 is 0 Å². The number of rotatable bonds is 3. The lowest BCUT2D eigenvalue weighted by Gasteiger charge is -2.35. The number of nitrogens with one attached hydrogen (secondary N) is 2. The minimum absolute atomic E-state index is 0.167. The topological polar surface area (TPSA) is 73.4 Å². The van der Waals surface area contributed by atoms with Crippen LogP contribution in [-0.4, -0.2) is 53.0 Å². The van der Waals surface area contributed by atoms with Crippen molar-refractivity contribution in [2.24, 2.45) is 0 Å². The van der Waals surface area contributed by atoms with Gasteiger partial charge < -0.3 is 9.80 Å². The van der Waals surface area contributed by atoms with Crippen LogP contribution in [0.1, 0.15) is 23.6 Å². The predicted octanol–water partition coefficient (Wildman–Crippen LogP) is 1.04. The molecule has 2 saturated heterocycles. The molecule has 1 aromatic carbocycles. The molecule has 0 bridgehead atoms. The lowest BCUT2D eigenvalue weighted by atomic mass is 10.0. The first-order valence-corrected chi connectivity index (χ1v) is 9.09. The van der Waals surface area contributed by atoms with Gasteiger partial charge in [0.15, 0.2) is 0 Å². The Morgan fingerprint density at radius 1 is 1.04 bits per heavy atom. The van der Waals surface area contributed by atoms with E-state index in [2.05, 4.69) is 56.9 Å². The van der Waals surface area contributed by atoms with Gasteiger partial charge in [-0.3, -0.25) is 4.79 Å². The van der Waals surface area contributed by atoms with E-state index in [0.29, 0.717) is 13.1 Å². The van der Waals surface area contributed by atoms with Crippen molar-refractivity contribution >= 4 is 11.9 Å². The number of nitrogens with zero attached hydrogens (tertiary/aromatic N) is 4. The van der Waals surface area contributed by atoms with E-state index < -0.39 is 0 Å². The van der Waals surface area contributed by atoms with Crippen LogP contribution in [0.25, 0.3) is 0 Å². The number of hydrazine groups is 1. The Bertz CT molecular complexity index is 742. The van der Waals surface area contributed by atoms with Crippen LogP contribution in [0.3, 0.4) is 0 Å². The fourth-order valence-electron chi connectivity index (χ4n) is 3.54. The summed E-state index contributed by atoms with van der Waals surface area (Å²) in [6, 6.07) is 10.3. The highest BCUT2D eigenvalue weighted by molar-refractivity contribution is 5.82. The molecule has 26 heavy (non-hydrogen) atoms. The summed E-state index contributed by atoms with van der Waals surface area (Å²) in [5, 5.41) is 0. The third-order valence-corrected chi connectivity index (χ3v) is 5.11. The van der Waals surface area contributed by atoms with Crippen LogP contribution in [0, 0.1) is 6.92 Å². The average Bonchev–Trinajstić information content (AvgIpc) is 3.19. The minimum atomic E-state index is -0.180. The standard InChI is InChI=1S/C19H24N6O/c1-14-3-5-15(6-4-14)16-13-17(23-22-16)18(26)24-9-11-25(12-10-24)19-20-7-2-8-21-19/h2-8,16-17,22-23H,9-13H2,1H3. The van der Waals surface area contributed by atoms with Crippen LogP contribution in [0.5, 0.6) is 0 Å². The molecule has 0 radical (unpaired) electrons. The maximum Gasteiger partial charge on any atom is 0.241 e. The zero-order valence-corrected chi connectivity index (χ0v) is 14.9. The smallest absolute Gasteiger partial charge is 0.241 e. The van der Waals surface area contributed by atoms with Crippen molar-refractivity contribution in [2.45, 2.75) is 25.4 Å². The second-order valence-corrected chi connectivity index (χ2v) is 6.90. The Balaban J connectivity index is 1.32. The largest absolute Gasteiger partial charge is 0.338 e. The van der Waals surface area contributed by atoms with E-state index in [1.54, 1.807) is 12.4 Å². The Morgan fingerprint density at radius 3 is 2.42 bits per heavy atom. The lowest BCUT2D eigenvalue weighted by Crippen LogP contribution is -2.54. The van der Waals surface area contributed by atoms with Gasteiger partial charge in [-0.25, -0.2) is 20.8 Å². The Morgan fingerprint density at radius 2 is 1.73 bits per heavy atom. The van der Waals surface area contributed by atoms with Gasteiger partial charge in [0.25, 0.3) is 0 Å². The second-order valence-electron chi connectivity index (χ2n) is 6.90. The number of carbonyl (C=O) groups excluding carboxylic acids is 1. The number of carbonyl (C=O) groups is 1. The molecule has 0 saturated carbocycles. The molecule has 3 heterocycles. The van der Waals surface area contributed by atoms with Crippen molar-refractivity contribution in [2.75, 3.05) is 31.1 Å². The van der Waals surface area contributed by atoms with E-state index in [9.17, 15) is 4.79 Å². The maximum absolute atomic E-state index is 12.8. The third kappa shape index (κ3) is 3.54. The van der Waals surface area contributed by atoms with Crippen LogP contribution in [0.2, 0.25) is 0 Å². The number of piperazine rings is 1. The predicted molar refractivity (Wildman–Crippen MR) is 99.4 cm³/mol. The number of aromatic nitrogens is 2. The molecule has 2 aliphatic heterocycles. The molecule has 2 fully saturated rings. The summed E-state index contributed by atoms with van der Waals surface area (Å²) in [6.45, 7) is 5.00. The Kier molecular flexibility index (Phi) is 4.81. The molecule has 2 aromatic rings. The molecule has 4 rings (SSSR count). The van der Waals surface area contributed by atoms with Crippen LogP contribution in [-0.2, 0) is 4.79 Å². The maximum atomic E-state index is 12.8. The summed E-state index contributed by atoms with van der Waals surface area (Å²) in [7, 11) is 0. The highest BCUT2D eigenvalue weighted by Crippen LogP contribution is 2.24. The quantitative estimate of drug-likeness (QED) is 0.860. The molecular weight excluding hydrogens is 328 g/mol. The monoisotopic (exact) mass is 352 g/mol. The second kappa shape index (κ2) is 7.39. The Hall–Kier alpha value is -2.51. The molecule has 2 aliphatic rings. The van der Waals surface area contributed by atoms with E-state index in [1.807, 2.05) is 11.0 Å². The molecule has 2 atom stereocenters. The molecule has 0 aliphatic carbocycles. The van der Waals surface area contributed by atoms with Crippen LogP contribution in [0.15, 0.2) is 42.7 Å². The molecule has 2 N–H and O–H groups in total. The molecule has 1 amide bonds. The van der Waals surface area contributed by atoms with Crippen LogP contribution in [0.4, 0.5) is 5.95 Å². The van der Waals surface area contributed by atoms with Gasteiger partial charge in [-0.2, -0.15) is 0 Å². The van der Waals surface area contributed by atoms with Crippen molar-refractivity contribution < 1.29 is 4.79 Å². The van der Waals surface area contributed by atoms with Gasteiger partial charge in [-0.1, -0.05) is 29.8 Å². The molecule has 7 nitrogen and oxygen atoms in total. The van der Waals surface area contributed by atoms with Gasteiger partial charge in [0.1, 0.15) is 6.04 Å². The van der Waals surface area contributed by atoms with Gasteiger partial charge in [-0.15, -0.1) is 0 Å². The van der Waals surface area contributed by atoms with Gasteiger partial charge in [0.05, 0.1) is 0 Å². The van der Waals surface area contributed by atoms with Crippen molar-refractivity contribution in [3.8, 4) is 0 Å². The number of anilines is 1. The fourth-order valence-corrected chi connectivity index (χ4v) is 3.54. The molecular formula is C19H24N6O. The van der Waals surface area contributed by atoms with E-state index in [1.165, 1.54) is 11.1 Å². The third-order valence-electron chi connectivity index (χ3n) is 5.11. The van der Waals surface area contributed by atoms with Crippen molar-refractivity contribution in [3.63, 3.8) is 0 Å². The Labute approximate surface area is 153 Å². The SMILES string of the molecule is Cc1ccc(C2CC(C(=O)N3CCN(c4ncccn4)CC3)NN2)cc1. The van der Waals surface area contributed by atoms with Crippen molar-refractivity contribution in [1.29, 1.82) is 0 Å². The first-order chi connectivity index (χ1) is 12.7. The summed E-state index contributed by atoms with van der Waals surface area (Å²) in [6.07, 6.45) is 4.27. The minimum Gasteiger partial charge on any atom is -0.338 e. The number of hydrogen-bond acceptors (Lipinski definition) is 6. The average molecular weight is 352 g/mol. The lowest BCUT2D eigenvalue weighted by molar-refractivity contribution is -0.133. The fraction of sp³-hybridized carbons (Fsp3) is 0.421. The van der Waals surface area contributed by atoms with Gasteiger partial charge in [-0.05, 0) is 25.0 Å². The van der Waals surface area contributed by atoms with Crippen LogP contribution < -0.4 is 15.8 Å². The number of amides is 1. The van der Waals surface area contributed by atoms with E-state index in [4.69, 9.17) is 0 Å². The van der Waals surface area contributed by atoms with Gasteiger partial charge in [0.2, 0.25) is 11.9 Å². The summed E-state index contributed by atoms with van der Waals surface area (Å²) in [4.78, 5) is 25.5. The molecule has 2 unspecified atom stereocenters. The number of hydrogen-bond donors (Lipinski definition) is 2. The molecule has 0 spiro atoms. The van der Waals surface area contributed by atoms with E-state index >= 15 is 0 Å². The van der Waals surface area contributed by atoms with Gasteiger partial charge in [0, 0.05) is 44.6 Å². The summed E-state index contributed by atoms with van der Waals surface area (Å²) in [5.41, 5.74) is 8.90. The molecule has 7 heteroatoms.